The van der Waals surface area contributed by atoms with Crippen molar-refractivity contribution in [2.45, 2.75) is 161 Å². The molecule has 28 heteroatoms. The van der Waals surface area contributed by atoms with Crippen LogP contribution in [0.4, 0.5) is 5.82 Å². The third-order valence-electron chi connectivity index (χ3n) is 10.7. The fraction of sp³-hybridized carbons (Fsp3) is 0.795. The number of imidazole rings is 1. The minimum Gasteiger partial charge on any atom is -0.386 e. The Balaban J connectivity index is 1.30. The second-order valence-electron chi connectivity index (χ2n) is 17.0. The standard InChI is InChI=1S/C39H70N7O17P3S/c1-4-5-6-7-8-9-10-11-12-13-14-15-16-17-18-19-30(48)67-23-22-41-29(47)20-21-42-37(51)34(50)39(2,3)25-60-66(57,58)63-65(55,56)59-24-28-33(62-64(52,53)54)32(49)38(61-28)46-27-45-31-35(40)43-26-44-36(31)46/h26-28,32-34,38,49-50H,4-25H2,1-3H3,(H,41,47)(H,42,51)(H,55,56)(H,57,58)(H2,40,43,44)(H2,52,53,54)/t28-,32-,33-,34+,38-/m1/s1. The minimum atomic E-state index is -5.57. The van der Waals surface area contributed by atoms with Gasteiger partial charge in [-0.25, -0.2) is 28.6 Å². The van der Waals surface area contributed by atoms with Crippen molar-refractivity contribution in [1.29, 1.82) is 0 Å². The normalized spacial score (nSPS) is 20.1. The van der Waals surface area contributed by atoms with E-state index in [0.717, 1.165) is 48.2 Å². The average molecular weight is 1030 g/mol. The van der Waals surface area contributed by atoms with Crippen LogP contribution in [0.15, 0.2) is 12.7 Å². The van der Waals surface area contributed by atoms with Crippen LogP contribution in [-0.2, 0) is 50.7 Å². The van der Waals surface area contributed by atoms with E-state index >= 15 is 0 Å². The third kappa shape index (κ3) is 22.0. The lowest BCUT2D eigenvalue weighted by molar-refractivity contribution is -0.137. The molecule has 0 aromatic carbocycles. The Morgan fingerprint density at radius 1 is 0.851 bits per heavy atom. The number of fused-ring (bicyclic) bond motifs is 1. The van der Waals surface area contributed by atoms with E-state index < -0.39 is 84.6 Å². The van der Waals surface area contributed by atoms with Crippen molar-refractivity contribution in [3.63, 3.8) is 0 Å². The number of carbonyl (C=O) groups excluding carboxylic acids is 3. The number of aromatic nitrogens is 4. The number of aliphatic hydroxyl groups is 2. The first kappa shape index (κ1) is 58.9. The highest BCUT2D eigenvalue weighted by Gasteiger charge is 2.50. The summed E-state index contributed by atoms with van der Waals surface area (Å²) in [6, 6.07) is 0. The molecule has 1 saturated heterocycles. The van der Waals surface area contributed by atoms with Gasteiger partial charge in [0.25, 0.3) is 0 Å². The Morgan fingerprint density at radius 3 is 2.03 bits per heavy atom. The number of aliphatic hydroxyl groups excluding tert-OH is 2. The van der Waals surface area contributed by atoms with Crippen LogP contribution in [0.3, 0.4) is 0 Å². The molecule has 2 unspecified atom stereocenters. The molecule has 1 aliphatic heterocycles. The molecule has 1 aliphatic rings. The number of nitrogens with zero attached hydrogens (tertiary/aromatic N) is 4. The number of hydrogen-bond acceptors (Lipinski definition) is 18. The molecule has 2 aromatic heterocycles. The van der Waals surface area contributed by atoms with Crippen LogP contribution in [0.25, 0.3) is 11.2 Å². The van der Waals surface area contributed by atoms with Gasteiger partial charge in [0, 0.05) is 37.1 Å². The zero-order chi connectivity index (χ0) is 49.7. The predicted molar refractivity (Wildman–Crippen MR) is 247 cm³/mol. The van der Waals surface area contributed by atoms with Crippen LogP contribution in [0.1, 0.15) is 136 Å². The first-order valence-corrected chi connectivity index (χ1v) is 28.1. The maximum atomic E-state index is 12.7. The number of thioether (sulfide) groups is 1. The molecule has 7 atom stereocenters. The highest BCUT2D eigenvalue weighted by molar-refractivity contribution is 8.13. The van der Waals surface area contributed by atoms with Gasteiger partial charge in [-0.3, -0.25) is 32.5 Å². The van der Waals surface area contributed by atoms with Gasteiger partial charge in [0.1, 0.15) is 36.3 Å². The Bertz CT molecular complexity index is 2000. The molecule has 24 nitrogen and oxygen atoms in total. The van der Waals surface area contributed by atoms with Gasteiger partial charge >= 0.3 is 23.5 Å². The summed E-state index contributed by atoms with van der Waals surface area (Å²) in [7, 11) is -16.4. The number of ether oxygens (including phenoxy) is 1. The summed E-state index contributed by atoms with van der Waals surface area (Å²) in [6.07, 6.45) is 12.3. The number of nitrogen functional groups attached to an aromatic ring is 1. The van der Waals surface area contributed by atoms with E-state index in [4.69, 9.17) is 19.5 Å². The molecule has 3 rings (SSSR count). The molecule has 0 spiro atoms. The van der Waals surface area contributed by atoms with Crippen molar-refractivity contribution < 1.29 is 80.5 Å². The van der Waals surface area contributed by atoms with Gasteiger partial charge in [-0.05, 0) is 6.42 Å². The molecule has 10 N–H and O–H groups in total. The smallest absolute Gasteiger partial charge is 0.386 e. The molecule has 2 aromatic rings. The van der Waals surface area contributed by atoms with Gasteiger partial charge in [0.05, 0.1) is 19.5 Å². The zero-order valence-corrected chi connectivity index (χ0v) is 41.9. The number of unbranched alkanes of at least 4 members (excludes halogenated alkanes) is 14. The Labute approximate surface area is 395 Å². The number of rotatable bonds is 35. The van der Waals surface area contributed by atoms with E-state index in [1.807, 2.05) is 0 Å². The van der Waals surface area contributed by atoms with Crippen molar-refractivity contribution in [1.82, 2.24) is 30.2 Å². The molecular formula is C39H70N7O17P3S. The number of phosphoric ester groups is 3. The van der Waals surface area contributed by atoms with E-state index in [0.29, 0.717) is 12.2 Å². The highest BCUT2D eigenvalue weighted by Crippen LogP contribution is 2.61. The molecular weight excluding hydrogens is 963 g/mol. The summed E-state index contributed by atoms with van der Waals surface area (Å²) in [5.41, 5.74) is 4.29. The van der Waals surface area contributed by atoms with Gasteiger partial charge in [-0.2, -0.15) is 4.31 Å². The number of amides is 2. The van der Waals surface area contributed by atoms with Gasteiger partial charge in [-0.1, -0.05) is 122 Å². The molecule has 0 radical (unpaired) electrons. The number of nitrogens with one attached hydrogen (secondary N) is 2. The van der Waals surface area contributed by atoms with Crippen LogP contribution in [0.2, 0.25) is 0 Å². The topological polar surface area (TPSA) is 364 Å². The number of carbonyl (C=O) groups is 3. The molecule has 1 fully saturated rings. The van der Waals surface area contributed by atoms with Crippen molar-refractivity contribution in [3.8, 4) is 0 Å². The second-order valence-corrected chi connectivity index (χ2v) is 22.4. The van der Waals surface area contributed by atoms with Crippen molar-refractivity contribution in [2.75, 3.05) is 37.8 Å². The quantitative estimate of drug-likeness (QED) is 0.0326. The second kappa shape index (κ2) is 29.0. The minimum absolute atomic E-state index is 0.0340. The maximum absolute atomic E-state index is 12.7. The lowest BCUT2D eigenvalue weighted by Crippen LogP contribution is -2.46. The van der Waals surface area contributed by atoms with Gasteiger partial charge in [0.2, 0.25) is 11.8 Å². The van der Waals surface area contributed by atoms with Crippen LogP contribution in [0, 0.1) is 5.41 Å². The summed E-state index contributed by atoms with van der Waals surface area (Å²) in [4.78, 5) is 88.4. The van der Waals surface area contributed by atoms with E-state index in [9.17, 15) is 57.9 Å². The monoisotopic (exact) mass is 1030 g/mol. The molecule has 2 amide bonds. The van der Waals surface area contributed by atoms with Crippen LogP contribution >= 0.6 is 35.2 Å². The van der Waals surface area contributed by atoms with Gasteiger partial charge in [-0.15, -0.1) is 0 Å². The number of anilines is 1. The average Bonchev–Trinajstić information content (AvgIpc) is 3.81. The highest BCUT2D eigenvalue weighted by atomic mass is 32.2. The van der Waals surface area contributed by atoms with Gasteiger partial charge < -0.3 is 50.9 Å². The van der Waals surface area contributed by atoms with E-state index in [1.54, 1.807) is 0 Å². The van der Waals surface area contributed by atoms with Crippen LogP contribution in [-0.4, -0.2) is 123 Å². The predicted octanol–water partition coefficient (Wildman–Crippen LogP) is 4.93. The number of hydrogen-bond donors (Lipinski definition) is 9. The first-order valence-electron chi connectivity index (χ1n) is 22.6. The molecule has 384 valence electrons. The molecule has 67 heavy (non-hydrogen) atoms. The van der Waals surface area contributed by atoms with Crippen molar-refractivity contribution in [3.05, 3.63) is 12.7 Å². The first-order chi connectivity index (χ1) is 31.6. The molecule has 0 saturated carbocycles. The van der Waals surface area contributed by atoms with Crippen LogP contribution < -0.4 is 16.4 Å². The SMILES string of the molecule is CCCCCCCCCCCCCCCCCC(=O)SCCNC(=O)CCNC(=O)[C@H](O)C(C)(C)COP(=O)(O)OP(=O)(O)OC[C@H]1O[C@@H](n2cnc3c(N)ncnc32)[C@H](O)[C@@H]1OP(=O)(O)O. The van der Waals surface area contributed by atoms with Crippen molar-refractivity contribution in [2.24, 2.45) is 5.41 Å². The number of nitrogens with two attached hydrogens (primary N) is 1. The Morgan fingerprint density at radius 2 is 1.43 bits per heavy atom. The van der Waals surface area contributed by atoms with E-state index in [1.165, 1.54) is 90.9 Å². The number of phosphoric acid groups is 3. The van der Waals surface area contributed by atoms with Crippen LogP contribution in [0.5, 0.6) is 0 Å². The molecule has 3 heterocycles. The summed E-state index contributed by atoms with van der Waals surface area (Å²) in [5.74, 6) is -1.02. The van der Waals surface area contributed by atoms with Gasteiger partial charge in [0.15, 0.2) is 22.8 Å². The summed E-state index contributed by atoms with van der Waals surface area (Å²) in [6.45, 7) is 2.82. The third-order valence-corrected chi connectivity index (χ3v) is 14.8. The Hall–Kier alpha value is -2.44. The molecule has 0 aliphatic carbocycles. The fourth-order valence-corrected chi connectivity index (χ4v) is 10.6. The summed E-state index contributed by atoms with van der Waals surface area (Å²) >= 11 is 1.16. The lowest BCUT2D eigenvalue weighted by atomic mass is 9.87. The maximum Gasteiger partial charge on any atom is 0.481 e. The zero-order valence-electron chi connectivity index (χ0n) is 38.4. The lowest BCUT2D eigenvalue weighted by Gasteiger charge is -2.30. The van der Waals surface area contributed by atoms with Crippen molar-refractivity contribution >= 4 is 69.1 Å². The Kier molecular flexibility index (Phi) is 25.5. The summed E-state index contributed by atoms with van der Waals surface area (Å²) < 4.78 is 62.4. The van der Waals surface area contributed by atoms with E-state index in [2.05, 4.69) is 41.3 Å². The molecule has 0 bridgehead atoms. The fourth-order valence-electron chi connectivity index (χ4n) is 7.01. The summed E-state index contributed by atoms with van der Waals surface area (Å²) in [5, 5.41) is 26.7. The van der Waals surface area contributed by atoms with E-state index in [-0.39, 0.29) is 41.6 Å². The largest absolute Gasteiger partial charge is 0.481 e.